The molecule has 0 aliphatic heterocycles. The lowest BCUT2D eigenvalue weighted by molar-refractivity contribution is -0.114. The number of aromatic amines is 2. The van der Waals surface area contributed by atoms with Gasteiger partial charge in [-0.25, -0.2) is 9.78 Å². The van der Waals surface area contributed by atoms with Crippen LogP contribution in [0.15, 0.2) is 46.3 Å². The Morgan fingerprint density at radius 3 is 2.85 bits per heavy atom. The number of imidazole rings is 1. The predicted octanol–water partition coefficient (Wildman–Crippen LogP) is 1.01. The molecular formula is C22H22N8O3. The van der Waals surface area contributed by atoms with E-state index in [-0.39, 0.29) is 17.5 Å². The number of anilines is 3. The number of fused-ring (bicyclic) bond motifs is 1. The number of aromatic hydroxyl groups is 1. The second-order valence-electron chi connectivity index (χ2n) is 7.99. The largest absolute Gasteiger partial charge is 0.493 e. The van der Waals surface area contributed by atoms with Gasteiger partial charge in [0.1, 0.15) is 11.5 Å². The molecule has 3 aromatic heterocycles. The SMILES string of the molecule is CC(=O)Nc1cccc(Nc2cc(=NCC3CC3)n3ncc(=Cc4[nH]c(=O)[nH]c4O)c3n2)c1. The van der Waals surface area contributed by atoms with E-state index in [1.54, 1.807) is 28.9 Å². The highest BCUT2D eigenvalue weighted by Crippen LogP contribution is 2.28. The van der Waals surface area contributed by atoms with Crippen LogP contribution in [-0.4, -0.2) is 42.1 Å². The lowest BCUT2D eigenvalue weighted by Gasteiger charge is -2.09. The van der Waals surface area contributed by atoms with Crippen LogP contribution in [0, 0.1) is 5.92 Å². The second-order valence-corrected chi connectivity index (χ2v) is 7.99. The molecule has 11 nitrogen and oxygen atoms in total. The number of aromatic nitrogens is 5. The second kappa shape index (κ2) is 8.26. The normalized spacial score (nSPS) is 14.7. The number of carbonyl (C=O) groups is 1. The third kappa shape index (κ3) is 4.61. The minimum Gasteiger partial charge on any atom is -0.493 e. The minimum atomic E-state index is -0.510. The van der Waals surface area contributed by atoms with E-state index in [0.717, 1.165) is 5.69 Å². The number of hydrogen-bond acceptors (Lipinski definition) is 7. The molecule has 4 aromatic rings. The average Bonchev–Trinajstić information content (AvgIpc) is 3.42. The molecule has 0 spiro atoms. The van der Waals surface area contributed by atoms with Gasteiger partial charge in [0.25, 0.3) is 0 Å². The molecule has 0 atom stereocenters. The van der Waals surface area contributed by atoms with Gasteiger partial charge in [0.2, 0.25) is 11.8 Å². The van der Waals surface area contributed by atoms with Crippen LogP contribution < -0.4 is 27.0 Å². The maximum absolute atomic E-state index is 11.5. The summed E-state index contributed by atoms with van der Waals surface area (Å²) in [6.07, 6.45) is 5.55. The average molecular weight is 446 g/mol. The van der Waals surface area contributed by atoms with E-state index < -0.39 is 5.69 Å². The quantitative estimate of drug-likeness (QED) is 0.298. The van der Waals surface area contributed by atoms with Gasteiger partial charge in [-0.15, -0.1) is 0 Å². The van der Waals surface area contributed by atoms with Crippen molar-refractivity contribution in [2.75, 3.05) is 17.2 Å². The highest BCUT2D eigenvalue weighted by molar-refractivity contribution is 5.89. The van der Waals surface area contributed by atoms with Crippen LogP contribution in [-0.2, 0) is 4.79 Å². The van der Waals surface area contributed by atoms with Gasteiger partial charge in [-0.1, -0.05) is 6.07 Å². The smallest absolute Gasteiger partial charge is 0.326 e. The van der Waals surface area contributed by atoms with Crippen molar-refractivity contribution in [1.82, 2.24) is 24.6 Å². The fraction of sp³-hybridized carbons (Fsp3) is 0.227. The maximum Gasteiger partial charge on any atom is 0.326 e. The Morgan fingerprint density at radius 2 is 2.12 bits per heavy atom. The molecule has 11 heteroatoms. The maximum atomic E-state index is 11.5. The van der Waals surface area contributed by atoms with Crippen molar-refractivity contribution >= 4 is 34.8 Å². The van der Waals surface area contributed by atoms with Crippen molar-refractivity contribution in [3.8, 4) is 5.88 Å². The van der Waals surface area contributed by atoms with Crippen molar-refractivity contribution in [2.45, 2.75) is 19.8 Å². The molecule has 1 amide bonds. The zero-order chi connectivity index (χ0) is 22.9. The lowest BCUT2D eigenvalue weighted by Crippen LogP contribution is -2.20. The van der Waals surface area contributed by atoms with E-state index in [1.807, 2.05) is 18.2 Å². The van der Waals surface area contributed by atoms with Crippen LogP contribution >= 0.6 is 0 Å². The number of benzene rings is 1. The van der Waals surface area contributed by atoms with Gasteiger partial charge in [0.05, 0.1) is 6.20 Å². The van der Waals surface area contributed by atoms with Crippen LogP contribution in [0.25, 0.3) is 11.7 Å². The van der Waals surface area contributed by atoms with Gasteiger partial charge in [-0.3, -0.25) is 14.8 Å². The molecule has 0 bridgehead atoms. The van der Waals surface area contributed by atoms with Crippen molar-refractivity contribution < 1.29 is 9.90 Å². The zero-order valence-electron chi connectivity index (χ0n) is 17.8. The Kier molecular flexibility index (Phi) is 5.13. The number of carbonyl (C=O) groups excluding carboxylic acids is 1. The Bertz CT molecular complexity index is 1530. The third-order valence-corrected chi connectivity index (χ3v) is 5.18. The molecule has 1 aromatic carbocycles. The summed E-state index contributed by atoms with van der Waals surface area (Å²) in [6, 6.07) is 9.11. The van der Waals surface area contributed by atoms with Gasteiger partial charge in [0.15, 0.2) is 11.1 Å². The molecule has 5 rings (SSSR count). The van der Waals surface area contributed by atoms with E-state index in [1.165, 1.54) is 19.8 Å². The standard InChI is InChI=1S/C22H22N8O3/c1-12(31)25-15-3-2-4-16(8-15)26-18-9-19(23-10-13-5-6-13)30-20(28-18)14(11-24-30)7-17-21(32)29-22(33)27-17/h2-4,7-9,11,13,26,32H,5-6,10H2,1H3,(H,25,31)(H2,27,29,33). The van der Waals surface area contributed by atoms with Crippen LogP contribution in [0.5, 0.6) is 5.88 Å². The van der Waals surface area contributed by atoms with Crippen LogP contribution in [0.3, 0.4) is 0 Å². The van der Waals surface area contributed by atoms with E-state index >= 15 is 0 Å². The fourth-order valence-corrected chi connectivity index (χ4v) is 3.44. The Labute approximate surface area is 186 Å². The minimum absolute atomic E-state index is 0.154. The monoisotopic (exact) mass is 446 g/mol. The number of nitrogens with one attached hydrogen (secondary N) is 4. The Hall–Kier alpha value is -4.41. The molecule has 1 aliphatic carbocycles. The molecule has 5 N–H and O–H groups in total. The van der Waals surface area contributed by atoms with E-state index in [9.17, 15) is 14.7 Å². The van der Waals surface area contributed by atoms with Gasteiger partial charge >= 0.3 is 5.69 Å². The number of H-pyrrole nitrogens is 2. The molecule has 1 saturated carbocycles. The van der Waals surface area contributed by atoms with Crippen LogP contribution in [0.1, 0.15) is 25.5 Å². The van der Waals surface area contributed by atoms with Crippen molar-refractivity contribution in [1.29, 1.82) is 0 Å². The van der Waals surface area contributed by atoms with E-state index in [4.69, 9.17) is 4.99 Å². The Morgan fingerprint density at radius 1 is 1.30 bits per heavy atom. The number of amides is 1. The summed E-state index contributed by atoms with van der Waals surface area (Å²) < 4.78 is 1.63. The number of hydrogen-bond donors (Lipinski definition) is 5. The molecule has 168 valence electrons. The first-order chi connectivity index (χ1) is 15.9. The predicted molar refractivity (Wildman–Crippen MR) is 122 cm³/mol. The van der Waals surface area contributed by atoms with Crippen molar-refractivity contribution in [3.63, 3.8) is 0 Å². The first kappa shape index (κ1) is 20.5. The first-order valence-electron chi connectivity index (χ1n) is 10.5. The summed E-state index contributed by atoms with van der Waals surface area (Å²) in [5.41, 5.74) is 2.27. The summed E-state index contributed by atoms with van der Waals surface area (Å²) in [4.78, 5) is 37.1. The van der Waals surface area contributed by atoms with Crippen molar-refractivity contribution in [2.24, 2.45) is 10.9 Å². The first-order valence-corrected chi connectivity index (χ1v) is 10.5. The summed E-state index contributed by atoms with van der Waals surface area (Å²) in [6.45, 7) is 2.16. The summed E-state index contributed by atoms with van der Waals surface area (Å²) in [7, 11) is 0. The number of rotatable bonds is 6. The fourth-order valence-electron chi connectivity index (χ4n) is 3.44. The van der Waals surface area contributed by atoms with E-state index in [0.29, 0.717) is 40.3 Å². The van der Waals surface area contributed by atoms with Crippen LogP contribution in [0.4, 0.5) is 17.2 Å². The summed E-state index contributed by atoms with van der Waals surface area (Å²) in [5, 5.41) is 20.9. The lowest BCUT2D eigenvalue weighted by atomic mass is 10.2. The topological polar surface area (TPSA) is 153 Å². The molecule has 0 unspecified atom stereocenters. The van der Waals surface area contributed by atoms with Gasteiger partial charge < -0.3 is 20.7 Å². The molecule has 3 heterocycles. The van der Waals surface area contributed by atoms with Gasteiger partial charge in [-0.05, 0) is 43.0 Å². The molecule has 0 saturated heterocycles. The number of nitrogens with zero attached hydrogens (tertiary/aromatic N) is 4. The highest BCUT2D eigenvalue weighted by atomic mass is 16.3. The Balaban J connectivity index is 1.60. The molecule has 0 radical (unpaired) electrons. The van der Waals surface area contributed by atoms with Gasteiger partial charge in [-0.2, -0.15) is 9.61 Å². The summed E-state index contributed by atoms with van der Waals surface area (Å²) in [5.74, 6) is 0.724. The molecule has 33 heavy (non-hydrogen) atoms. The molecule has 1 fully saturated rings. The van der Waals surface area contributed by atoms with Gasteiger partial charge in [0, 0.05) is 36.1 Å². The van der Waals surface area contributed by atoms with Crippen molar-refractivity contribution in [3.05, 3.63) is 63.4 Å². The highest BCUT2D eigenvalue weighted by Gasteiger charge is 2.20. The molecular weight excluding hydrogens is 424 g/mol. The molecule has 1 aliphatic rings. The zero-order valence-corrected chi connectivity index (χ0v) is 17.8. The summed E-state index contributed by atoms with van der Waals surface area (Å²) >= 11 is 0. The van der Waals surface area contributed by atoms with Crippen LogP contribution in [0.2, 0.25) is 0 Å². The third-order valence-electron chi connectivity index (χ3n) is 5.18. The van der Waals surface area contributed by atoms with E-state index in [2.05, 4.69) is 30.7 Å².